The summed E-state index contributed by atoms with van der Waals surface area (Å²) in [7, 11) is 0. The molecule has 3 aliphatic heterocycles. The van der Waals surface area contributed by atoms with E-state index >= 15 is 0 Å². The number of allylic oxidation sites excluding steroid dienone is 2. The Morgan fingerprint density at radius 3 is 2.34 bits per heavy atom. The molecule has 3 amide bonds. The number of hydrogen-bond donors (Lipinski definition) is 4. The number of hydrogen-bond acceptors (Lipinski definition) is 10. The molecule has 6 rings (SSSR count). The maximum absolute atomic E-state index is 12.7. The van der Waals surface area contributed by atoms with Gasteiger partial charge < -0.3 is 44.7 Å². The summed E-state index contributed by atoms with van der Waals surface area (Å²) in [6.07, 6.45) is 7.59. The van der Waals surface area contributed by atoms with Crippen LogP contribution in [-0.4, -0.2) is 104 Å². The number of ether oxygens (including phenoxy) is 5. The van der Waals surface area contributed by atoms with Gasteiger partial charge in [-0.3, -0.25) is 14.4 Å². The van der Waals surface area contributed by atoms with E-state index in [1.165, 1.54) is 13.0 Å². The molecule has 0 bridgehead atoms. The molecule has 0 saturated carbocycles. The Balaban J connectivity index is 0.905. The van der Waals surface area contributed by atoms with Crippen LogP contribution in [0.5, 0.6) is 0 Å². The first-order valence-electron chi connectivity index (χ1n) is 20.3. The fraction of sp³-hybridized carbons (Fsp3) is 0.511. The van der Waals surface area contributed by atoms with Crippen molar-refractivity contribution in [1.29, 1.82) is 0 Å². The summed E-state index contributed by atoms with van der Waals surface area (Å²) in [4.78, 5) is 48.9. The number of esters is 1. The number of carbonyl (C=O) groups is 4. The first kappa shape index (κ1) is 42.8. The van der Waals surface area contributed by atoms with Crippen molar-refractivity contribution in [2.24, 2.45) is 5.92 Å². The fourth-order valence-electron chi connectivity index (χ4n) is 8.13. The summed E-state index contributed by atoms with van der Waals surface area (Å²) in [6.45, 7) is 10.0. The van der Waals surface area contributed by atoms with Crippen molar-refractivity contribution in [1.82, 2.24) is 16.0 Å². The third-order valence-corrected chi connectivity index (χ3v) is 11.4. The smallest absolute Gasteiger partial charge is 0.407 e. The Hall–Kier alpha value is -4.82. The number of benzene rings is 2. The van der Waals surface area contributed by atoms with E-state index in [1.54, 1.807) is 13.0 Å². The number of alkyl carbamates (subject to hydrolysis) is 1. The van der Waals surface area contributed by atoms with E-state index in [9.17, 15) is 24.3 Å². The van der Waals surface area contributed by atoms with Gasteiger partial charge in [0.1, 0.15) is 30.5 Å². The van der Waals surface area contributed by atoms with Crippen LogP contribution in [0.3, 0.4) is 0 Å². The van der Waals surface area contributed by atoms with Crippen LogP contribution in [0.25, 0.3) is 11.1 Å². The average Bonchev–Trinajstić information content (AvgIpc) is 3.90. The molecule has 4 N–H and O–H groups in total. The quantitative estimate of drug-likeness (QED) is 0.0830. The van der Waals surface area contributed by atoms with Gasteiger partial charge in [0.15, 0.2) is 0 Å². The molecule has 0 radical (unpaired) electrons. The van der Waals surface area contributed by atoms with E-state index in [1.807, 2.05) is 50.3 Å². The van der Waals surface area contributed by atoms with Crippen molar-refractivity contribution in [2.75, 3.05) is 26.3 Å². The van der Waals surface area contributed by atoms with E-state index in [-0.39, 0.29) is 74.1 Å². The highest BCUT2D eigenvalue weighted by Crippen LogP contribution is 2.45. The minimum atomic E-state index is -0.848. The van der Waals surface area contributed by atoms with Gasteiger partial charge in [-0.05, 0) is 67.9 Å². The van der Waals surface area contributed by atoms with Crippen LogP contribution < -0.4 is 16.0 Å². The first-order chi connectivity index (χ1) is 27.8. The SMILES string of the molecule is CC(=O)OC(C)C=CC(=O)N[C@@H]1C[C@H](C)[C@H](C/C=C(C)/C=C/[C@H]2O[C@H](CNC(=O)CCNC(=O)OCC3c4ccccc4-c4ccccc43)C[C@@]3(CO3)[C@@H]2O)O[C@@H]1C. The van der Waals surface area contributed by atoms with Gasteiger partial charge in [-0.15, -0.1) is 0 Å². The second-order valence-corrected chi connectivity index (χ2v) is 16.0. The van der Waals surface area contributed by atoms with Crippen LogP contribution in [0, 0.1) is 5.92 Å². The minimum Gasteiger partial charge on any atom is -0.459 e. The zero-order valence-electron chi connectivity index (χ0n) is 34.0. The van der Waals surface area contributed by atoms with Gasteiger partial charge in [0, 0.05) is 44.8 Å². The lowest BCUT2D eigenvalue weighted by atomic mass is 9.87. The van der Waals surface area contributed by atoms with Gasteiger partial charge >= 0.3 is 12.1 Å². The molecule has 1 spiro atoms. The fourth-order valence-corrected chi connectivity index (χ4v) is 8.13. The average molecular weight is 800 g/mol. The number of epoxide rings is 1. The van der Waals surface area contributed by atoms with Crippen molar-refractivity contribution in [3.8, 4) is 11.1 Å². The number of fused-ring (bicyclic) bond motifs is 3. The molecule has 3 saturated heterocycles. The lowest BCUT2D eigenvalue weighted by Gasteiger charge is -2.39. The molecule has 9 atom stereocenters. The third-order valence-electron chi connectivity index (χ3n) is 11.4. The van der Waals surface area contributed by atoms with Gasteiger partial charge in [-0.1, -0.05) is 79.3 Å². The molecule has 3 fully saturated rings. The van der Waals surface area contributed by atoms with Crippen molar-refractivity contribution >= 4 is 23.9 Å². The molecule has 4 aliphatic rings. The lowest BCUT2D eigenvalue weighted by molar-refractivity contribution is -0.143. The van der Waals surface area contributed by atoms with Crippen LogP contribution in [0.2, 0.25) is 0 Å². The molecule has 58 heavy (non-hydrogen) atoms. The van der Waals surface area contributed by atoms with Crippen molar-refractivity contribution in [3.05, 3.63) is 95.6 Å². The molecule has 1 unspecified atom stereocenters. The zero-order chi connectivity index (χ0) is 41.4. The van der Waals surface area contributed by atoms with Gasteiger partial charge in [0.05, 0.1) is 31.0 Å². The Morgan fingerprint density at radius 2 is 1.67 bits per heavy atom. The minimum absolute atomic E-state index is 0.0345. The predicted octanol–water partition coefficient (Wildman–Crippen LogP) is 5.02. The summed E-state index contributed by atoms with van der Waals surface area (Å²) in [5, 5.41) is 19.7. The summed E-state index contributed by atoms with van der Waals surface area (Å²) in [5.41, 5.74) is 4.85. The highest BCUT2D eigenvalue weighted by atomic mass is 16.6. The number of nitrogens with one attached hydrogen (secondary N) is 3. The molecule has 3 heterocycles. The highest BCUT2D eigenvalue weighted by Gasteiger charge is 2.58. The van der Waals surface area contributed by atoms with E-state index in [0.717, 1.165) is 34.2 Å². The lowest BCUT2D eigenvalue weighted by Crippen LogP contribution is -2.52. The van der Waals surface area contributed by atoms with Crippen LogP contribution >= 0.6 is 0 Å². The highest BCUT2D eigenvalue weighted by molar-refractivity contribution is 5.88. The molecule has 2 aromatic rings. The zero-order valence-corrected chi connectivity index (χ0v) is 34.0. The van der Waals surface area contributed by atoms with Crippen LogP contribution in [0.1, 0.15) is 77.3 Å². The number of rotatable bonds is 15. The molecule has 1 aliphatic carbocycles. The molecule has 0 aromatic heterocycles. The van der Waals surface area contributed by atoms with Gasteiger partial charge in [0.25, 0.3) is 0 Å². The Morgan fingerprint density at radius 1 is 0.983 bits per heavy atom. The second kappa shape index (κ2) is 19.3. The maximum atomic E-state index is 12.7. The van der Waals surface area contributed by atoms with E-state index in [2.05, 4.69) is 53.2 Å². The van der Waals surface area contributed by atoms with Crippen molar-refractivity contribution in [3.63, 3.8) is 0 Å². The molecular formula is C45H57N3O10. The summed E-state index contributed by atoms with van der Waals surface area (Å²) in [6, 6.07) is 16.1. The number of amides is 3. The van der Waals surface area contributed by atoms with Crippen LogP contribution in [-0.2, 0) is 38.1 Å². The van der Waals surface area contributed by atoms with Gasteiger partial charge in [-0.25, -0.2) is 4.79 Å². The largest absolute Gasteiger partial charge is 0.459 e. The molecule has 13 nitrogen and oxygen atoms in total. The Bertz CT molecular complexity index is 1840. The number of aliphatic hydroxyl groups is 1. The molecular weight excluding hydrogens is 743 g/mol. The van der Waals surface area contributed by atoms with Gasteiger partial charge in [0.2, 0.25) is 11.8 Å². The Labute approximate surface area is 340 Å². The monoisotopic (exact) mass is 799 g/mol. The Kier molecular flexibility index (Phi) is 14.2. The van der Waals surface area contributed by atoms with Crippen LogP contribution in [0.4, 0.5) is 4.79 Å². The maximum Gasteiger partial charge on any atom is 0.407 e. The molecule has 312 valence electrons. The first-order valence-corrected chi connectivity index (χ1v) is 20.3. The van der Waals surface area contributed by atoms with E-state index in [4.69, 9.17) is 23.7 Å². The van der Waals surface area contributed by atoms with E-state index in [0.29, 0.717) is 19.4 Å². The summed E-state index contributed by atoms with van der Waals surface area (Å²) in [5.74, 6) is -0.766. The van der Waals surface area contributed by atoms with Gasteiger partial charge in [-0.2, -0.15) is 0 Å². The molecule has 2 aromatic carbocycles. The normalized spacial score (nSPS) is 28.4. The van der Waals surface area contributed by atoms with Crippen molar-refractivity contribution < 1.29 is 48.0 Å². The van der Waals surface area contributed by atoms with E-state index < -0.39 is 36.0 Å². The standard InChI is InChI=1S/C45H57N3O10/c1-27(14-17-39-28(2)22-38(30(4)57-39)48-42(51)19-16-29(3)56-31(5)49)15-18-40-43(52)45(26-55-45)23-32(58-40)24-47-41(50)20-21-46-44(53)54-25-37-35-12-8-6-10-33(35)34-11-7-9-13-36(34)37/h6-16,18-19,28-30,32,37-40,43,52H,17,20-26H2,1-5H3,(H,46,53)(H,47,50)(H,48,51)/b18-15+,19-16?,27-14+/t28-,29?,30+,32-,38+,39-,40+,43+,45+/m0/s1. The topological polar surface area (TPSA) is 174 Å². The number of aliphatic hydroxyl groups excluding tert-OH is 1. The summed E-state index contributed by atoms with van der Waals surface area (Å²) >= 11 is 0. The van der Waals surface area contributed by atoms with Crippen molar-refractivity contribution in [2.45, 2.75) is 114 Å². The molecule has 13 heteroatoms. The van der Waals surface area contributed by atoms with Crippen LogP contribution in [0.15, 0.2) is 84.5 Å². The number of carbonyl (C=O) groups excluding carboxylic acids is 4. The third kappa shape index (κ3) is 11.0. The predicted molar refractivity (Wildman–Crippen MR) is 217 cm³/mol. The summed E-state index contributed by atoms with van der Waals surface area (Å²) < 4.78 is 28.9. The second-order valence-electron chi connectivity index (χ2n) is 16.0.